The molecule has 0 spiro atoms. The van der Waals surface area contributed by atoms with E-state index in [1.165, 1.54) is 24.8 Å². The van der Waals surface area contributed by atoms with E-state index in [2.05, 4.69) is 30.1 Å². The molecule has 3 aliphatic rings. The van der Waals surface area contributed by atoms with Crippen molar-refractivity contribution in [3.05, 3.63) is 23.8 Å². The van der Waals surface area contributed by atoms with Gasteiger partial charge < -0.3 is 19.5 Å². The van der Waals surface area contributed by atoms with Gasteiger partial charge >= 0.3 is 0 Å². The molecular weight excluding hydrogens is 338 g/mol. The molecule has 0 radical (unpaired) electrons. The van der Waals surface area contributed by atoms with Crippen molar-refractivity contribution in [2.45, 2.75) is 88.4 Å². The number of hydrogen-bond donors (Lipinski definition) is 1. The highest BCUT2D eigenvalue weighted by molar-refractivity contribution is 5.47. The maximum Gasteiger partial charge on any atom is 0.161 e. The Morgan fingerprint density at radius 3 is 2.70 bits per heavy atom. The number of aliphatic hydroxyl groups is 1. The molecule has 0 unspecified atom stereocenters. The van der Waals surface area contributed by atoms with Crippen LogP contribution in [0.2, 0.25) is 0 Å². The van der Waals surface area contributed by atoms with Crippen LogP contribution in [0.3, 0.4) is 0 Å². The van der Waals surface area contributed by atoms with E-state index in [0.717, 1.165) is 56.6 Å². The fourth-order valence-electron chi connectivity index (χ4n) is 5.65. The number of aliphatic hydroxyl groups excluding tert-OH is 1. The van der Waals surface area contributed by atoms with Gasteiger partial charge in [-0.05, 0) is 89.6 Å². The third kappa shape index (κ3) is 3.71. The van der Waals surface area contributed by atoms with E-state index < -0.39 is 0 Å². The second-order valence-electron chi connectivity index (χ2n) is 8.80. The number of hydrogen-bond acceptors (Lipinski definition) is 4. The summed E-state index contributed by atoms with van der Waals surface area (Å²) < 4.78 is 12.4. The third-order valence-corrected chi connectivity index (χ3v) is 7.16. The summed E-state index contributed by atoms with van der Waals surface area (Å²) in [5.41, 5.74) is 1.52. The number of fused-ring (bicyclic) bond motifs is 1. The van der Waals surface area contributed by atoms with Gasteiger partial charge in [-0.25, -0.2) is 0 Å². The van der Waals surface area contributed by atoms with Gasteiger partial charge in [-0.1, -0.05) is 12.5 Å². The smallest absolute Gasteiger partial charge is 0.161 e. The zero-order valence-corrected chi connectivity index (χ0v) is 17.0. The Morgan fingerprint density at radius 2 is 1.93 bits per heavy atom. The molecule has 3 fully saturated rings. The minimum absolute atomic E-state index is 0.142. The molecule has 1 saturated heterocycles. The number of benzene rings is 1. The zero-order valence-electron chi connectivity index (χ0n) is 17.0. The van der Waals surface area contributed by atoms with Gasteiger partial charge in [-0.15, -0.1) is 0 Å². The Hall–Kier alpha value is -1.26. The fraction of sp³-hybridized carbons (Fsp3) is 0.739. The summed E-state index contributed by atoms with van der Waals surface area (Å²) in [6, 6.07) is 7.06. The maximum absolute atomic E-state index is 10.2. The normalized spacial score (nSPS) is 32.3. The summed E-state index contributed by atoms with van der Waals surface area (Å²) in [4.78, 5) is 2.44. The van der Waals surface area contributed by atoms with Crippen LogP contribution in [0.5, 0.6) is 11.5 Å². The maximum atomic E-state index is 10.2. The van der Waals surface area contributed by atoms with Gasteiger partial charge in [0.15, 0.2) is 11.5 Å². The van der Waals surface area contributed by atoms with Gasteiger partial charge in [0.1, 0.15) is 0 Å². The van der Waals surface area contributed by atoms with Crippen molar-refractivity contribution < 1.29 is 14.6 Å². The van der Waals surface area contributed by atoms with Gasteiger partial charge in [0.25, 0.3) is 0 Å². The van der Waals surface area contributed by atoms with Crippen molar-refractivity contribution in [3.8, 4) is 11.5 Å². The van der Waals surface area contributed by atoms with Crippen LogP contribution in [0.15, 0.2) is 18.2 Å². The van der Waals surface area contributed by atoms with E-state index in [9.17, 15) is 5.11 Å². The van der Waals surface area contributed by atoms with Crippen molar-refractivity contribution in [3.63, 3.8) is 0 Å². The second kappa shape index (κ2) is 8.00. The summed E-state index contributed by atoms with van der Waals surface area (Å²) in [6.07, 6.45) is 10.3. The second-order valence-corrected chi connectivity index (χ2v) is 8.80. The highest BCUT2D eigenvalue weighted by Crippen LogP contribution is 2.50. The minimum Gasteiger partial charge on any atom is -0.490 e. The first-order chi connectivity index (χ1) is 13.1. The lowest BCUT2D eigenvalue weighted by Gasteiger charge is -2.43. The Kier molecular flexibility index (Phi) is 5.65. The van der Waals surface area contributed by atoms with E-state index in [-0.39, 0.29) is 11.5 Å². The highest BCUT2D eigenvalue weighted by Gasteiger charge is 2.50. The molecule has 27 heavy (non-hydrogen) atoms. The molecule has 0 amide bonds. The Morgan fingerprint density at radius 1 is 1.11 bits per heavy atom. The molecule has 1 aromatic carbocycles. The Bertz CT molecular complexity index is 643. The van der Waals surface area contributed by atoms with E-state index in [4.69, 9.17) is 9.47 Å². The van der Waals surface area contributed by atoms with Gasteiger partial charge in [-0.3, -0.25) is 0 Å². The van der Waals surface area contributed by atoms with Gasteiger partial charge in [-0.2, -0.15) is 0 Å². The SMILES string of the molecule is CCOc1ccc([C@@]23CC[C@H](O)C[C@@H]2N(C)CC3)cc1OC1CCCCC1. The molecule has 1 aliphatic heterocycles. The molecule has 4 rings (SSSR count). The lowest BCUT2D eigenvalue weighted by atomic mass is 9.65. The summed E-state index contributed by atoms with van der Waals surface area (Å²) in [6.45, 7) is 3.79. The van der Waals surface area contributed by atoms with Crippen molar-refractivity contribution >= 4 is 0 Å². The zero-order chi connectivity index (χ0) is 18.9. The summed E-state index contributed by atoms with van der Waals surface area (Å²) in [5.74, 6) is 1.80. The van der Waals surface area contributed by atoms with Crippen molar-refractivity contribution in [1.29, 1.82) is 0 Å². The number of rotatable bonds is 5. The average molecular weight is 374 g/mol. The van der Waals surface area contributed by atoms with E-state index in [1.807, 2.05) is 6.92 Å². The molecule has 0 aromatic heterocycles. The molecular formula is C23H35NO3. The number of likely N-dealkylation sites (N-methyl/N-ethyl adjacent to an activating group) is 1. The number of nitrogens with zero attached hydrogens (tertiary/aromatic N) is 1. The first kappa shape index (κ1) is 19.1. The predicted octanol–water partition coefficient (Wildman–Crippen LogP) is 4.28. The van der Waals surface area contributed by atoms with Crippen LogP contribution in [0.4, 0.5) is 0 Å². The molecule has 1 N–H and O–H groups in total. The van der Waals surface area contributed by atoms with Crippen LogP contribution in [-0.2, 0) is 5.41 Å². The van der Waals surface area contributed by atoms with E-state index in [0.29, 0.717) is 18.8 Å². The highest BCUT2D eigenvalue weighted by atomic mass is 16.5. The minimum atomic E-state index is -0.163. The largest absolute Gasteiger partial charge is 0.490 e. The summed E-state index contributed by atoms with van der Waals surface area (Å²) >= 11 is 0. The predicted molar refractivity (Wildman–Crippen MR) is 108 cm³/mol. The monoisotopic (exact) mass is 373 g/mol. The van der Waals surface area contributed by atoms with Crippen molar-refractivity contribution in [2.24, 2.45) is 0 Å². The number of ether oxygens (including phenoxy) is 2. The van der Waals surface area contributed by atoms with Crippen LogP contribution < -0.4 is 9.47 Å². The molecule has 0 bridgehead atoms. The Balaban J connectivity index is 1.65. The molecule has 2 saturated carbocycles. The molecule has 4 nitrogen and oxygen atoms in total. The van der Waals surface area contributed by atoms with E-state index in [1.54, 1.807) is 0 Å². The van der Waals surface area contributed by atoms with Crippen molar-refractivity contribution in [1.82, 2.24) is 4.90 Å². The molecule has 1 heterocycles. The molecule has 4 heteroatoms. The van der Waals surface area contributed by atoms with Crippen LogP contribution >= 0.6 is 0 Å². The average Bonchev–Trinajstić information content (AvgIpc) is 3.02. The first-order valence-corrected chi connectivity index (χ1v) is 10.9. The summed E-state index contributed by atoms with van der Waals surface area (Å²) in [7, 11) is 2.21. The lowest BCUT2D eigenvalue weighted by molar-refractivity contribution is 0.0565. The van der Waals surface area contributed by atoms with Gasteiger partial charge in [0, 0.05) is 11.5 Å². The quantitative estimate of drug-likeness (QED) is 0.836. The first-order valence-electron chi connectivity index (χ1n) is 10.9. The standard InChI is InChI=1S/C23H35NO3/c1-3-26-20-10-9-17(15-21(20)27-19-7-5-4-6-8-19)23-12-11-18(25)16-22(23)24(2)14-13-23/h9-10,15,18-19,22,25H,3-8,11-14,16H2,1-2H3/t18-,22-,23-/m0/s1. The lowest BCUT2D eigenvalue weighted by Crippen LogP contribution is -2.47. The van der Waals surface area contributed by atoms with Crippen LogP contribution in [0.1, 0.15) is 70.3 Å². The molecule has 1 aromatic rings. The van der Waals surface area contributed by atoms with E-state index >= 15 is 0 Å². The topological polar surface area (TPSA) is 41.9 Å². The van der Waals surface area contributed by atoms with Crippen LogP contribution in [0.25, 0.3) is 0 Å². The third-order valence-electron chi connectivity index (χ3n) is 7.16. The molecule has 3 atom stereocenters. The summed E-state index contributed by atoms with van der Waals surface area (Å²) in [5, 5.41) is 10.2. The molecule has 150 valence electrons. The number of likely N-dealkylation sites (tertiary alicyclic amines) is 1. The van der Waals surface area contributed by atoms with Gasteiger partial charge in [0.05, 0.1) is 18.8 Å². The van der Waals surface area contributed by atoms with Crippen molar-refractivity contribution in [2.75, 3.05) is 20.2 Å². The Labute approximate surface area is 163 Å². The molecule has 2 aliphatic carbocycles. The fourth-order valence-corrected chi connectivity index (χ4v) is 5.65. The van der Waals surface area contributed by atoms with Crippen LogP contribution in [-0.4, -0.2) is 48.5 Å². The van der Waals surface area contributed by atoms with Crippen LogP contribution in [0, 0.1) is 0 Å². The van der Waals surface area contributed by atoms with Gasteiger partial charge in [0.2, 0.25) is 0 Å².